The van der Waals surface area contributed by atoms with Crippen molar-refractivity contribution in [1.29, 1.82) is 0 Å². The Labute approximate surface area is 129 Å². The number of aromatic nitrogens is 2. The van der Waals surface area contributed by atoms with Crippen LogP contribution in [0.3, 0.4) is 0 Å². The highest BCUT2D eigenvalue weighted by atomic mass is 32.2. The number of nitrogens with zero attached hydrogens (tertiary/aromatic N) is 2. The second kappa shape index (κ2) is 6.03. The number of benzene rings is 1. The van der Waals surface area contributed by atoms with Gasteiger partial charge in [0.25, 0.3) is 5.56 Å². The summed E-state index contributed by atoms with van der Waals surface area (Å²) in [5, 5.41) is 0. The Morgan fingerprint density at radius 1 is 1.26 bits per heavy atom. The molecule has 1 aromatic carbocycles. The highest BCUT2D eigenvalue weighted by molar-refractivity contribution is 7.91. The van der Waals surface area contributed by atoms with E-state index in [1.54, 1.807) is 0 Å². The maximum atomic E-state index is 12.9. The lowest BCUT2D eigenvalue weighted by Gasteiger charge is -2.13. The van der Waals surface area contributed by atoms with E-state index in [0.29, 0.717) is 0 Å². The van der Waals surface area contributed by atoms with Crippen LogP contribution in [0.15, 0.2) is 41.5 Å². The average Bonchev–Trinajstić information content (AvgIpc) is 2.42. The van der Waals surface area contributed by atoms with Gasteiger partial charge in [-0.25, -0.2) is 13.4 Å². The molecule has 1 heterocycles. The summed E-state index contributed by atoms with van der Waals surface area (Å²) in [5.41, 5.74) is -2.17. The summed E-state index contributed by atoms with van der Waals surface area (Å²) < 4.78 is 65.8. The molecule has 0 bridgehead atoms. The highest BCUT2D eigenvalue weighted by Gasteiger charge is 2.34. The molecule has 1 aromatic heterocycles. The first-order chi connectivity index (χ1) is 10.6. The summed E-state index contributed by atoms with van der Waals surface area (Å²) in [4.78, 5) is 15.3. The SMILES string of the molecule is Cn1ccnc(NS(=O)(=O)Cc2ccccc2C(F)(F)F)c1=O. The van der Waals surface area contributed by atoms with Crippen molar-refractivity contribution >= 4 is 15.8 Å². The van der Waals surface area contributed by atoms with Gasteiger partial charge in [0, 0.05) is 19.4 Å². The van der Waals surface area contributed by atoms with E-state index in [9.17, 15) is 26.4 Å². The van der Waals surface area contributed by atoms with E-state index in [1.165, 1.54) is 31.6 Å². The van der Waals surface area contributed by atoms with Gasteiger partial charge in [-0.3, -0.25) is 9.52 Å². The van der Waals surface area contributed by atoms with Gasteiger partial charge < -0.3 is 4.57 Å². The molecule has 0 aliphatic heterocycles. The average molecular weight is 347 g/mol. The van der Waals surface area contributed by atoms with Crippen LogP contribution in [0.5, 0.6) is 0 Å². The monoisotopic (exact) mass is 347 g/mol. The molecule has 6 nitrogen and oxygen atoms in total. The van der Waals surface area contributed by atoms with Gasteiger partial charge in [-0.1, -0.05) is 18.2 Å². The van der Waals surface area contributed by atoms with Gasteiger partial charge in [0.2, 0.25) is 15.8 Å². The Hall–Kier alpha value is -2.36. The fourth-order valence-electron chi connectivity index (χ4n) is 1.88. The van der Waals surface area contributed by atoms with Crippen molar-refractivity contribution in [1.82, 2.24) is 9.55 Å². The standard InChI is InChI=1S/C13H12F3N3O3S/c1-19-7-6-17-11(12(19)20)18-23(21,22)8-9-4-2-3-5-10(9)13(14,15)16/h2-7H,8H2,1H3,(H,17,18). The predicted octanol–water partition coefficient (Wildman–Crippen LogP) is 1.74. The molecule has 0 saturated carbocycles. The van der Waals surface area contributed by atoms with Gasteiger partial charge in [0.1, 0.15) is 0 Å². The fraction of sp³-hybridized carbons (Fsp3) is 0.231. The Bertz CT molecular complexity index is 876. The molecule has 2 rings (SSSR count). The third-order valence-electron chi connectivity index (χ3n) is 2.94. The van der Waals surface area contributed by atoms with Gasteiger partial charge in [-0.05, 0) is 11.6 Å². The molecule has 0 unspecified atom stereocenters. The summed E-state index contributed by atoms with van der Waals surface area (Å²) >= 11 is 0. The zero-order valence-corrected chi connectivity index (χ0v) is 12.6. The molecule has 0 amide bonds. The van der Waals surface area contributed by atoms with Crippen LogP contribution in [-0.4, -0.2) is 18.0 Å². The number of hydrogen-bond acceptors (Lipinski definition) is 4. The Morgan fingerprint density at radius 2 is 1.91 bits per heavy atom. The first-order valence-electron chi connectivity index (χ1n) is 6.27. The number of hydrogen-bond donors (Lipinski definition) is 1. The number of rotatable bonds is 4. The summed E-state index contributed by atoms with van der Waals surface area (Å²) in [7, 11) is -2.85. The van der Waals surface area contributed by atoms with Crippen LogP contribution in [0.25, 0.3) is 0 Å². The predicted molar refractivity (Wildman–Crippen MR) is 77.2 cm³/mol. The largest absolute Gasteiger partial charge is 0.416 e. The molecular formula is C13H12F3N3O3S. The topological polar surface area (TPSA) is 81.1 Å². The molecule has 0 fully saturated rings. The number of nitrogens with one attached hydrogen (secondary N) is 1. The summed E-state index contributed by atoms with van der Waals surface area (Å²) in [6.45, 7) is 0. The maximum absolute atomic E-state index is 12.9. The molecule has 23 heavy (non-hydrogen) atoms. The highest BCUT2D eigenvalue weighted by Crippen LogP contribution is 2.32. The van der Waals surface area contributed by atoms with E-state index in [1.807, 2.05) is 4.72 Å². The second-order valence-electron chi connectivity index (χ2n) is 4.71. The third-order valence-corrected chi connectivity index (χ3v) is 4.13. The lowest BCUT2D eigenvalue weighted by molar-refractivity contribution is -0.138. The zero-order valence-electron chi connectivity index (χ0n) is 11.8. The molecule has 0 atom stereocenters. The molecule has 124 valence electrons. The van der Waals surface area contributed by atoms with Crippen molar-refractivity contribution < 1.29 is 21.6 Å². The summed E-state index contributed by atoms with van der Waals surface area (Å²) in [6, 6.07) is 4.34. The van der Waals surface area contributed by atoms with E-state index in [0.717, 1.165) is 16.7 Å². The molecule has 0 aliphatic carbocycles. The van der Waals surface area contributed by atoms with Crippen molar-refractivity contribution in [2.45, 2.75) is 11.9 Å². The lowest BCUT2D eigenvalue weighted by Crippen LogP contribution is -2.26. The molecule has 1 N–H and O–H groups in total. The van der Waals surface area contributed by atoms with Gasteiger partial charge in [0.05, 0.1) is 11.3 Å². The third kappa shape index (κ3) is 4.09. The molecule has 0 spiro atoms. The minimum absolute atomic E-state index is 0.416. The molecule has 0 radical (unpaired) electrons. The van der Waals surface area contributed by atoms with Crippen molar-refractivity contribution in [3.05, 3.63) is 58.1 Å². The maximum Gasteiger partial charge on any atom is 0.416 e. The minimum Gasteiger partial charge on any atom is -0.314 e. The van der Waals surface area contributed by atoms with Crippen LogP contribution in [0.4, 0.5) is 19.0 Å². The smallest absolute Gasteiger partial charge is 0.314 e. The number of anilines is 1. The number of alkyl halides is 3. The van der Waals surface area contributed by atoms with Crippen molar-refractivity contribution in [3.8, 4) is 0 Å². The normalized spacial score (nSPS) is 12.2. The molecule has 2 aromatic rings. The second-order valence-corrected chi connectivity index (χ2v) is 6.43. The Kier molecular flexibility index (Phi) is 4.46. The first-order valence-corrected chi connectivity index (χ1v) is 7.92. The van der Waals surface area contributed by atoms with E-state index in [2.05, 4.69) is 4.98 Å². The van der Waals surface area contributed by atoms with Gasteiger partial charge in [-0.15, -0.1) is 0 Å². The van der Waals surface area contributed by atoms with Crippen LogP contribution in [-0.2, 0) is 29.0 Å². The molecule has 0 saturated heterocycles. The fourth-order valence-corrected chi connectivity index (χ4v) is 3.05. The van der Waals surface area contributed by atoms with Crippen LogP contribution < -0.4 is 10.3 Å². The van der Waals surface area contributed by atoms with Crippen molar-refractivity contribution in [3.63, 3.8) is 0 Å². The number of sulfonamides is 1. The van der Waals surface area contributed by atoms with E-state index in [4.69, 9.17) is 0 Å². The lowest BCUT2D eigenvalue weighted by atomic mass is 10.1. The van der Waals surface area contributed by atoms with E-state index >= 15 is 0 Å². The van der Waals surface area contributed by atoms with Gasteiger partial charge in [0.15, 0.2) is 0 Å². The first kappa shape index (κ1) is 17.0. The number of halogens is 3. The van der Waals surface area contributed by atoms with Crippen LogP contribution in [0, 0.1) is 0 Å². The van der Waals surface area contributed by atoms with Crippen LogP contribution >= 0.6 is 0 Å². The zero-order chi connectivity index (χ0) is 17.3. The Morgan fingerprint density at radius 3 is 2.57 bits per heavy atom. The quantitative estimate of drug-likeness (QED) is 0.913. The number of aryl methyl sites for hydroxylation is 1. The van der Waals surface area contributed by atoms with Crippen molar-refractivity contribution in [2.75, 3.05) is 4.72 Å². The van der Waals surface area contributed by atoms with Crippen LogP contribution in [0.2, 0.25) is 0 Å². The van der Waals surface area contributed by atoms with Crippen LogP contribution in [0.1, 0.15) is 11.1 Å². The molecule has 10 heteroatoms. The Balaban J connectivity index is 2.33. The molecule has 0 aliphatic rings. The van der Waals surface area contributed by atoms with E-state index < -0.39 is 44.5 Å². The van der Waals surface area contributed by atoms with Gasteiger partial charge >= 0.3 is 6.18 Å². The summed E-state index contributed by atoms with van der Waals surface area (Å²) in [5.74, 6) is -1.40. The van der Waals surface area contributed by atoms with Crippen molar-refractivity contribution in [2.24, 2.45) is 7.05 Å². The van der Waals surface area contributed by atoms with E-state index in [-0.39, 0.29) is 0 Å². The molecular weight excluding hydrogens is 335 g/mol. The van der Waals surface area contributed by atoms with Gasteiger partial charge in [-0.2, -0.15) is 13.2 Å². The minimum atomic E-state index is -4.67. The summed E-state index contributed by atoms with van der Waals surface area (Å²) in [6.07, 6.45) is -2.16.